The van der Waals surface area contributed by atoms with Crippen molar-refractivity contribution in [1.29, 1.82) is 0 Å². The fraction of sp³-hybridized carbons (Fsp3) is 0.692. The molecule has 0 amide bonds. The van der Waals surface area contributed by atoms with E-state index in [9.17, 15) is 0 Å². The molecular weight excluding hydrogens is 250 g/mol. The average molecular weight is 272 g/mol. The van der Waals surface area contributed by atoms with Crippen LogP contribution in [-0.2, 0) is 10.2 Å². The number of aromatic nitrogens is 2. The van der Waals surface area contributed by atoms with Gasteiger partial charge in [-0.2, -0.15) is 0 Å². The molecule has 0 radical (unpaired) electrons. The van der Waals surface area contributed by atoms with Crippen molar-refractivity contribution < 1.29 is 4.74 Å². The number of ether oxygens (including phenoxy) is 1. The molecule has 0 N–H and O–H groups in total. The van der Waals surface area contributed by atoms with Gasteiger partial charge in [-0.25, -0.2) is 9.97 Å². The van der Waals surface area contributed by atoms with Crippen LogP contribution in [0, 0.1) is 0 Å². The van der Waals surface area contributed by atoms with Gasteiger partial charge in [-0.05, 0) is 6.92 Å². The van der Waals surface area contributed by atoms with E-state index in [1.807, 2.05) is 18.9 Å². The molecule has 0 saturated heterocycles. The number of nitrogens with zero attached hydrogens (tertiary/aromatic N) is 3. The molecule has 0 aromatic carbocycles. The van der Waals surface area contributed by atoms with E-state index in [-0.39, 0.29) is 5.41 Å². The molecule has 0 bridgehead atoms. The number of halogens is 1. The molecule has 0 saturated carbocycles. The Morgan fingerprint density at radius 3 is 2.56 bits per heavy atom. The summed E-state index contributed by atoms with van der Waals surface area (Å²) in [5.74, 6) is 1.59. The van der Waals surface area contributed by atoms with Gasteiger partial charge in [0.05, 0.1) is 6.61 Å². The molecular formula is C13H22ClN3O. The Bertz CT molecular complexity index is 390. The summed E-state index contributed by atoms with van der Waals surface area (Å²) < 4.78 is 5.34. The zero-order valence-electron chi connectivity index (χ0n) is 11.8. The Morgan fingerprint density at radius 1 is 1.33 bits per heavy atom. The molecule has 1 rings (SSSR count). The summed E-state index contributed by atoms with van der Waals surface area (Å²) in [5.41, 5.74) is -0.111. The van der Waals surface area contributed by atoms with E-state index >= 15 is 0 Å². The maximum absolute atomic E-state index is 6.05. The van der Waals surface area contributed by atoms with Gasteiger partial charge in [0.25, 0.3) is 0 Å². The fourth-order valence-corrected chi connectivity index (χ4v) is 1.57. The largest absolute Gasteiger partial charge is 0.380 e. The van der Waals surface area contributed by atoms with Crippen molar-refractivity contribution in [3.05, 3.63) is 17.0 Å². The normalized spacial score (nSPS) is 11.7. The van der Waals surface area contributed by atoms with E-state index in [1.54, 1.807) is 6.07 Å². The minimum absolute atomic E-state index is 0.111. The van der Waals surface area contributed by atoms with Crippen molar-refractivity contribution >= 4 is 17.4 Å². The summed E-state index contributed by atoms with van der Waals surface area (Å²) in [5, 5.41) is 0.480. The third-order valence-corrected chi connectivity index (χ3v) is 2.71. The van der Waals surface area contributed by atoms with Crippen molar-refractivity contribution in [1.82, 2.24) is 9.97 Å². The fourth-order valence-electron chi connectivity index (χ4n) is 1.40. The first-order valence-corrected chi connectivity index (χ1v) is 6.56. The maximum atomic E-state index is 6.05. The van der Waals surface area contributed by atoms with E-state index in [0.29, 0.717) is 11.8 Å². The Hall–Kier alpha value is -0.870. The molecule has 1 aromatic heterocycles. The van der Waals surface area contributed by atoms with Gasteiger partial charge in [-0.15, -0.1) is 0 Å². The first kappa shape index (κ1) is 15.2. The van der Waals surface area contributed by atoms with Gasteiger partial charge in [0.1, 0.15) is 16.8 Å². The molecule has 102 valence electrons. The monoisotopic (exact) mass is 271 g/mol. The highest BCUT2D eigenvalue weighted by molar-refractivity contribution is 6.29. The van der Waals surface area contributed by atoms with Crippen LogP contribution in [0.1, 0.15) is 33.5 Å². The van der Waals surface area contributed by atoms with Crippen molar-refractivity contribution in [2.75, 3.05) is 31.7 Å². The quantitative estimate of drug-likeness (QED) is 0.610. The van der Waals surface area contributed by atoms with Crippen LogP contribution in [0.5, 0.6) is 0 Å². The SMILES string of the molecule is CCOCCN(C)c1cc(Cl)nc(C(C)(C)C)n1. The van der Waals surface area contributed by atoms with Crippen LogP contribution in [0.3, 0.4) is 0 Å². The van der Waals surface area contributed by atoms with Gasteiger partial charge in [-0.1, -0.05) is 32.4 Å². The summed E-state index contributed by atoms with van der Waals surface area (Å²) in [4.78, 5) is 10.9. The Morgan fingerprint density at radius 2 is 2.00 bits per heavy atom. The minimum Gasteiger partial charge on any atom is -0.380 e. The summed E-state index contributed by atoms with van der Waals surface area (Å²) >= 11 is 6.05. The third kappa shape index (κ3) is 4.42. The standard InChI is InChI=1S/C13H22ClN3O/c1-6-18-8-7-17(5)11-9-10(14)15-12(16-11)13(2,3)4/h9H,6-8H2,1-5H3. The topological polar surface area (TPSA) is 38.2 Å². The Kier molecular flexibility index (Phi) is 5.35. The lowest BCUT2D eigenvalue weighted by atomic mass is 9.96. The second-order valence-electron chi connectivity index (χ2n) is 5.24. The van der Waals surface area contributed by atoms with E-state index in [0.717, 1.165) is 24.8 Å². The van der Waals surface area contributed by atoms with Crippen LogP contribution in [-0.4, -0.2) is 36.8 Å². The zero-order chi connectivity index (χ0) is 13.8. The predicted molar refractivity (Wildman–Crippen MR) is 75.5 cm³/mol. The second-order valence-corrected chi connectivity index (χ2v) is 5.63. The smallest absolute Gasteiger partial charge is 0.137 e. The van der Waals surface area contributed by atoms with Crippen molar-refractivity contribution in [3.63, 3.8) is 0 Å². The first-order chi connectivity index (χ1) is 8.34. The summed E-state index contributed by atoms with van der Waals surface area (Å²) in [7, 11) is 1.98. The molecule has 0 atom stereocenters. The number of hydrogen-bond acceptors (Lipinski definition) is 4. The number of rotatable bonds is 5. The van der Waals surface area contributed by atoms with Crippen LogP contribution in [0.2, 0.25) is 5.15 Å². The van der Waals surface area contributed by atoms with Gasteiger partial charge in [0, 0.05) is 31.7 Å². The third-order valence-electron chi connectivity index (χ3n) is 2.52. The molecule has 0 unspecified atom stereocenters. The Labute approximate surface area is 114 Å². The van der Waals surface area contributed by atoms with E-state index in [2.05, 4.69) is 30.7 Å². The zero-order valence-corrected chi connectivity index (χ0v) is 12.6. The van der Waals surface area contributed by atoms with Gasteiger partial charge in [-0.3, -0.25) is 0 Å². The van der Waals surface area contributed by atoms with Crippen molar-refractivity contribution in [2.45, 2.75) is 33.1 Å². The van der Waals surface area contributed by atoms with E-state index in [4.69, 9.17) is 16.3 Å². The molecule has 0 aliphatic rings. The van der Waals surface area contributed by atoms with E-state index in [1.165, 1.54) is 0 Å². The van der Waals surface area contributed by atoms with Crippen LogP contribution in [0.4, 0.5) is 5.82 Å². The molecule has 4 nitrogen and oxygen atoms in total. The molecule has 0 fully saturated rings. The lowest BCUT2D eigenvalue weighted by Crippen LogP contribution is -2.25. The molecule has 1 heterocycles. The lowest BCUT2D eigenvalue weighted by molar-refractivity contribution is 0.154. The molecule has 0 aliphatic carbocycles. The minimum atomic E-state index is -0.111. The molecule has 0 spiro atoms. The van der Waals surface area contributed by atoms with Gasteiger partial charge < -0.3 is 9.64 Å². The highest BCUT2D eigenvalue weighted by Gasteiger charge is 2.19. The molecule has 18 heavy (non-hydrogen) atoms. The van der Waals surface area contributed by atoms with Crippen LogP contribution in [0.25, 0.3) is 0 Å². The van der Waals surface area contributed by atoms with E-state index < -0.39 is 0 Å². The second kappa shape index (κ2) is 6.34. The highest BCUT2D eigenvalue weighted by Crippen LogP contribution is 2.23. The summed E-state index contributed by atoms with van der Waals surface area (Å²) in [6.07, 6.45) is 0. The summed E-state index contributed by atoms with van der Waals surface area (Å²) in [6, 6.07) is 1.78. The van der Waals surface area contributed by atoms with Gasteiger partial charge >= 0.3 is 0 Å². The maximum Gasteiger partial charge on any atom is 0.137 e. The number of anilines is 1. The van der Waals surface area contributed by atoms with Crippen LogP contribution < -0.4 is 4.90 Å². The first-order valence-electron chi connectivity index (χ1n) is 6.18. The number of hydrogen-bond donors (Lipinski definition) is 0. The van der Waals surface area contributed by atoms with Crippen LogP contribution in [0.15, 0.2) is 6.07 Å². The summed E-state index contributed by atoms with van der Waals surface area (Å²) in [6.45, 7) is 10.4. The molecule has 1 aromatic rings. The van der Waals surface area contributed by atoms with Gasteiger partial charge in [0.15, 0.2) is 0 Å². The Balaban J connectivity index is 2.85. The molecule has 0 aliphatic heterocycles. The van der Waals surface area contributed by atoms with Gasteiger partial charge in [0.2, 0.25) is 0 Å². The number of likely N-dealkylation sites (N-methyl/N-ethyl adjacent to an activating group) is 1. The van der Waals surface area contributed by atoms with Crippen LogP contribution >= 0.6 is 11.6 Å². The van der Waals surface area contributed by atoms with Crippen molar-refractivity contribution in [2.24, 2.45) is 0 Å². The highest BCUT2D eigenvalue weighted by atomic mass is 35.5. The predicted octanol–water partition coefficient (Wildman–Crippen LogP) is 2.90. The molecule has 5 heteroatoms. The van der Waals surface area contributed by atoms with Crippen molar-refractivity contribution in [3.8, 4) is 0 Å². The average Bonchev–Trinajstić information content (AvgIpc) is 2.27. The lowest BCUT2D eigenvalue weighted by Gasteiger charge is -2.22.